The highest BCUT2D eigenvalue weighted by molar-refractivity contribution is 5.99. The van der Waals surface area contributed by atoms with Gasteiger partial charge in [-0.25, -0.2) is 13.8 Å². The molecule has 2 heterocycles. The van der Waals surface area contributed by atoms with Crippen molar-refractivity contribution in [3.05, 3.63) is 71.7 Å². The Morgan fingerprint density at radius 2 is 1.77 bits per heavy atom. The Labute approximate surface area is 171 Å². The van der Waals surface area contributed by atoms with E-state index in [9.17, 15) is 18.4 Å². The summed E-state index contributed by atoms with van der Waals surface area (Å²) in [5, 5.41) is 5.01. The van der Waals surface area contributed by atoms with E-state index in [1.807, 2.05) is 18.3 Å². The Hall–Kier alpha value is -3.55. The van der Waals surface area contributed by atoms with Crippen molar-refractivity contribution < 1.29 is 18.4 Å². The largest absolute Gasteiger partial charge is 0.343 e. The number of aromatic nitrogens is 2. The van der Waals surface area contributed by atoms with Gasteiger partial charge in [0.05, 0.1) is 12.2 Å². The summed E-state index contributed by atoms with van der Waals surface area (Å²) in [4.78, 5) is 28.7. The maximum absolute atomic E-state index is 13.2. The topological polar surface area (TPSA) is 76.0 Å². The number of nitrogens with zero attached hydrogens (tertiary/aromatic N) is 2. The highest BCUT2D eigenvalue weighted by Crippen LogP contribution is 2.23. The van der Waals surface area contributed by atoms with Crippen LogP contribution in [0.25, 0.3) is 11.3 Å². The number of nitrogens with one attached hydrogen (secondary N) is 2. The van der Waals surface area contributed by atoms with Crippen molar-refractivity contribution in [2.24, 2.45) is 0 Å². The summed E-state index contributed by atoms with van der Waals surface area (Å²) < 4.78 is 28.6. The zero-order chi connectivity index (χ0) is 21.1. The first kappa shape index (κ1) is 19.8. The second kappa shape index (κ2) is 8.44. The van der Waals surface area contributed by atoms with E-state index < -0.39 is 23.4 Å². The van der Waals surface area contributed by atoms with Crippen LogP contribution in [0, 0.1) is 11.6 Å². The molecule has 154 valence electrons. The van der Waals surface area contributed by atoms with Crippen molar-refractivity contribution in [2.45, 2.75) is 25.8 Å². The molecule has 3 aromatic rings. The van der Waals surface area contributed by atoms with Crippen molar-refractivity contribution in [2.75, 3.05) is 11.9 Å². The molecule has 0 radical (unpaired) electrons. The summed E-state index contributed by atoms with van der Waals surface area (Å²) in [5.74, 6) is -1.80. The van der Waals surface area contributed by atoms with Crippen LogP contribution < -0.4 is 10.6 Å². The van der Waals surface area contributed by atoms with Gasteiger partial charge in [-0.05, 0) is 37.1 Å². The fraction of sp³-hybridized carbons (Fsp3) is 0.227. The van der Waals surface area contributed by atoms with Gasteiger partial charge in [0, 0.05) is 42.0 Å². The van der Waals surface area contributed by atoms with Gasteiger partial charge < -0.3 is 15.2 Å². The minimum atomic E-state index is -0.858. The number of carbonyl (C=O) groups is 2. The van der Waals surface area contributed by atoms with E-state index in [0.717, 1.165) is 48.6 Å². The molecule has 0 saturated heterocycles. The first-order valence-corrected chi connectivity index (χ1v) is 9.68. The fourth-order valence-electron chi connectivity index (χ4n) is 3.43. The van der Waals surface area contributed by atoms with E-state index in [0.29, 0.717) is 11.8 Å². The minimum absolute atomic E-state index is 0.188. The van der Waals surface area contributed by atoms with Gasteiger partial charge in [0.1, 0.15) is 17.5 Å². The number of carbonyl (C=O) groups excluding carboxylic acids is 2. The third-order valence-electron chi connectivity index (χ3n) is 4.91. The molecule has 2 amide bonds. The van der Waals surface area contributed by atoms with Gasteiger partial charge in [0.2, 0.25) is 5.91 Å². The Bertz CT molecular complexity index is 1050. The van der Waals surface area contributed by atoms with Crippen LogP contribution in [0.15, 0.2) is 48.7 Å². The molecule has 1 aliphatic rings. The van der Waals surface area contributed by atoms with Gasteiger partial charge in [-0.2, -0.15) is 0 Å². The molecule has 8 heteroatoms. The lowest BCUT2D eigenvalue weighted by atomic mass is 10.1. The molecule has 30 heavy (non-hydrogen) atoms. The first-order valence-electron chi connectivity index (χ1n) is 9.68. The monoisotopic (exact) mass is 410 g/mol. The quantitative estimate of drug-likeness (QED) is 0.676. The second-order valence-corrected chi connectivity index (χ2v) is 7.16. The highest BCUT2D eigenvalue weighted by atomic mass is 19.1. The zero-order valence-corrected chi connectivity index (χ0v) is 16.1. The molecule has 4 rings (SSSR count). The maximum Gasteiger partial charge on any atom is 0.251 e. The van der Waals surface area contributed by atoms with Crippen molar-refractivity contribution >= 4 is 17.5 Å². The van der Waals surface area contributed by atoms with E-state index in [2.05, 4.69) is 20.2 Å². The van der Waals surface area contributed by atoms with Crippen LogP contribution in [0.5, 0.6) is 0 Å². The molecular formula is C22H20F2N4O2. The van der Waals surface area contributed by atoms with E-state index in [4.69, 9.17) is 0 Å². The number of imidazole rings is 1. The first-order chi connectivity index (χ1) is 14.5. The number of hydrogen-bond donors (Lipinski definition) is 2. The normalized spacial score (nSPS) is 12.9. The SMILES string of the molecule is O=C(CNC(=O)c1cc(F)cc(F)c1)Nc1ccc(-c2cn3c(n2)CCCC3)cc1. The van der Waals surface area contributed by atoms with Crippen molar-refractivity contribution in [1.29, 1.82) is 0 Å². The lowest BCUT2D eigenvalue weighted by Crippen LogP contribution is -2.32. The number of anilines is 1. The predicted octanol–water partition coefficient (Wildman–Crippen LogP) is 3.53. The Morgan fingerprint density at radius 3 is 2.47 bits per heavy atom. The molecule has 0 aliphatic carbocycles. The smallest absolute Gasteiger partial charge is 0.251 e. The average molecular weight is 410 g/mol. The second-order valence-electron chi connectivity index (χ2n) is 7.16. The van der Waals surface area contributed by atoms with Gasteiger partial charge in [0.25, 0.3) is 5.91 Å². The van der Waals surface area contributed by atoms with Crippen LogP contribution in [-0.2, 0) is 17.8 Å². The molecule has 2 aromatic carbocycles. The maximum atomic E-state index is 13.2. The van der Waals surface area contributed by atoms with E-state index in [1.54, 1.807) is 12.1 Å². The predicted molar refractivity (Wildman–Crippen MR) is 108 cm³/mol. The third-order valence-corrected chi connectivity index (χ3v) is 4.91. The van der Waals surface area contributed by atoms with Crippen LogP contribution in [0.1, 0.15) is 29.0 Å². The number of aryl methyl sites for hydroxylation is 2. The van der Waals surface area contributed by atoms with E-state index >= 15 is 0 Å². The van der Waals surface area contributed by atoms with E-state index in [1.165, 1.54) is 6.42 Å². The minimum Gasteiger partial charge on any atom is -0.343 e. The zero-order valence-electron chi connectivity index (χ0n) is 16.1. The summed E-state index contributed by atoms with van der Waals surface area (Å²) in [6.45, 7) is 0.664. The lowest BCUT2D eigenvalue weighted by Gasteiger charge is -2.11. The molecule has 0 spiro atoms. The van der Waals surface area contributed by atoms with Gasteiger partial charge in [-0.15, -0.1) is 0 Å². The number of benzene rings is 2. The van der Waals surface area contributed by atoms with Crippen molar-refractivity contribution in [3.63, 3.8) is 0 Å². The van der Waals surface area contributed by atoms with Gasteiger partial charge >= 0.3 is 0 Å². The summed E-state index contributed by atoms with van der Waals surface area (Å²) in [6.07, 6.45) is 5.36. The van der Waals surface area contributed by atoms with Gasteiger partial charge in [0.15, 0.2) is 0 Å². The Kier molecular flexibility index (Phi) is 5.56. The molecule has 0 unspecified atom stereocenters. The molecule has 6 nitrogen and oxygen atoms in total. The number of hydrogen-bond acceptors (Lipinski definition) is 3. The van der Waals surface area contributed by atoms with Crippen LogP contribution >= 0.6 is 0 Å². The summed E-state index contributed by atoms with van der Waals surface area (Å²) >= 11 is 0. The summed E-state index contributed by atoms with van der Waals surface area (Å²) in [7, 11) is 0. The standard InChI is InChI=1S/C22H20F2N4O2/c23-16-9-15(10-17(24)11-16)22(30)25-12-21(29)26-18-6-4-14(5-7-18)19-13-28-8-2-1-3-20(28)27-19/h4-7,9-11,13H,1-3,8,12H2,(H,25,30)(H,26,29). The number of halogens is 2. The molecular weight excluding hydrogens is 390 g/mol. The molecule has 0 saturated carbocycles. The molecule has 1 aliphatic heterocycles. The molecule has 0 fully saturated rings. The lowest BCUT2D eigenvalue weighted by molar-refractivity contribution is -0.115. The number of fused-ring (bicyclic) bond motifs is 1. The molecule has 0 atom stereocenters. The summed E-state index contributed by atoms with van der Waals surface area (Å²) in [6, 6.07) is 9.75. The van der Waals surface area contributed by atoms with Crippen LogP contribution in [0.4, 0.5) is 14.5 Å². The Balaban J connectivity index is 1.33. The van der Waals surface area contributed by atoms with Gasteiger partial charge in [-0.1, -0.05) is 12.1 Å². The molecule has 1 aromatic heterocycles. The fourth-order valence-corrected chi connectivity index (χ4v) is 3.43. The third kappa shape index (κ3) is 4.53. The average Bonchev–Trinajstić information content (AvgIpc) is 3.16. The number of rotatable bonds is 5. The van der Waals surface area contributed by atoms with E-state index in [-0.39, 0.29) is 12.1 Å². The van der Waals surface area contributed by atoms with Gasteiger partial charge in [-0.3, -0.25) is 9.59 Å². The van der Waals surface area contributed by atoms with Crippen molar-refractivity contribution in [1.82, 2.24) is 14.9 Å². The highest BCUT2D eigenvalue weighted by Gasteiger charge is 2.14. The Morgan fingerprint density at radius 1 is 1.03 bits per heavy atom. The molecule has 2 N–H and O–H groups in total. The summed E-state index contributed by atoms with van der Waals surface area (Å²) in [5.41, 5.74) is 2.24. The van der Waals surface area contributed by atoms with Crippen LogP contribution in [0.3, 0.4) is 0 Å². The molecule has 0 bridgehead atoms. The van der Waals surface area contributed by atoms with Crippen LogP contribution in [0.2, 0.25) is 0 Å². The van der Waals surface area contributed by atoms with Crippen molar-refractivity contribution in [3.8, 4) is 11.3 Å². The van der Waals surface area contributed by atoms with Crippen LogP contribution in [-0.4, -0.2) is 27.9 Å². The number of amides is 2.